The number of nitrogens with zero attached hydrogens (tertiary/aromatic N) is 6. The summed E-state index contributed by atoms with van der Waals surface area (Å²) in [7, 11) is 0. The zero-order valence-corrected chi connectivity index (χ0v) is 67.2. The van der Waals surface area contributed by atoms with Crippen molar-refractivity contribution in [1.29, 1.82) is 0 Å². The molecule has 0 aliphatic carbocycles. The van der Waals surface area contributed by atoms with E-state index in [4.69, 9.17) is 62.3 Å². The van der Waals surface area contributed by atoms with Gasteiger partial charge in [0.25, 0.3) is 0 Å². The minimum absolute atomic E-state index is 0. The van der Waals surface area contributed by atoms with Crippen molar-refractivity contribution in [3.63, 3.8) is 0 Å². The first-order chi connectivity index (χ1) is 47.1. The molecule has 4 fully saturated rings. The zero-order valence-electron chi connectivity index (χ0n) is 61.7. The molecule has 22 nitrogen and oxygen atoms in total. The number of amides is 3. The maximum atomic E-state index is 12.8. The van der Waals surface area contributed by atoms with Gasteiger partial charge >= 0.3 is 41.3 Å². The average molecular weight is 1550 g/mol. The molecular weight excluding hydrogens is 1440 g/mol. The standard InChI is InChI=1S/C24H34N2O5S.C23H32N2O5S.C23H30N2O5S.C4H8O.CH3.BrH.Mg/c1-7-13-26(23(28)31-24(4,5)6)22-25-18-20(29-14-17-11-9-8-10-12-17)15(2)19(16(3)27)30-21(18)32-22;2*1-6-12-25(22(27)30-23(3,4)5)21-24-18-19(28-14-16-10-8-7-9-11-16)15(2)17(13-26)29-20(18)31-21;1-2-4-5-3-1;;;/h7-12,15-16,18-21,27H,1,13-14H2,2-6H3;6-11,15,17-20,26H,1,12-14H2,2-5H3;6-11,13,15,17-20H,1,12,14H2,2-5H3;1-4H2;1H3;1H;/q;;;;-1;;+2/p-1/t15-,16?,18-,19+,20+,21-;2*15-,17-,18-,19+,20-;;;;/m111..../s1. The second kappa shape index (κ2) is 42.6. The van der Waals surface area contributed by atoms with Crippen molar-refractivity contribution in [3.8, 4) is 0 Å². The number of hydrogen-bond donors (Lipinski definition) is 2. The quantitative estimate of drug-likeness (QED) is 0.0395. The summed E-state index contributed by atoms with van der Waals surface area (Å²) in [6.07, 6.45) is 3.92. The molecule has 4 saturated heterocycles. The minimum Gasteiger partial charge on any atom is -1.00 e. The van der Waals surface area contributed by atoms with Crippen molar-refractivity contribution in [1.82, 2.24) is 14.7 Å². The molecule has 0 aromatic heterocycles. The summed E-state index contributed by atoms with van der Waals surface area (Å²) in [5.41, 5.74) is 0.146. The van der Waals surface area contributed by atoms with Crippen LogP contribution in [0.2, 0.25) is 0 Å². The molecule has 3 aromatic rings. The number of rotatable bonds is 18. The van der Waals surface area contributed by atoms with Crippen molar-refractivity contribution in [2.45, 2.75) is 217 Å². The number of hydrogen-bond acceptors (Lipinski definition) is 22. The fourth-order valence-electron chi connectivity index (χ4n) is 11.5. The van der Waals surface area contributed by atoms with Crippen molar-refractivity contribution >= 4 is 98.4 Å². The van der Waals surface area contributed by atoms with E-state index >= 15 is 0 Å². The van der Waals surface area contributed by atoms with Gasteiger partial charge in [-0.3, -0.25) is 29.7 Å². The number of aliphatic imine (C=N–C) groups is 3. The Morgan fingerprint density at radius 1 is 0.559 bits per heavy atom. The predicted octanol–water partition coefficient (Wildman–Crippen LogP) is 9.92. The van der Waals surface area contributed by atoms with E-state index in [0.29, 0.717) is 35.3 Å². The molecule has 560 valence electrons. The van der Waals surface area contributed by atoms with E-state index in [1.54, 1.807) is 25.2 Å². The summed E-state index contributed by atoms with van der Waals surface area (Å²) in [6, 6.07) is 28.8. The molecular formula is C75H107BrMgN6O16S3. The smallest absolute Gasteiger partial charge is 1.00 e. The number of carbonyl (C=O) groups excluding carboxylic acids is 4. The largest absolute Gasteiger partial charge is 2.00 e. The molecule has 16 atom stereocenters. The molecule has 0 spiro atoms. The number of benzene rings is 3. The van der Waals surface area contributed by atoms with E-state index in [-0.39, 0.29) is 145 Å². The summed E-state index contributed by atoms with van der Waals surface area (Å²) in [5, 5.41) is 21.7. The van der Waals surface area contributed by atoms with Gasteiger partial charge in [-0.1, -0.05) is 165 Å². The molecule has 7 aliphatic heterocycles. The van der Waals surface area contributed by atoms with Gasteiger partial charge in [-0.05, 0) is 98.8 Å². The number of halogens is 1. The fourth-order valence-corrected chi connectivity index (χ4v) is 15.1. The molecule has 3 amide bonds. The summed E-state index contributed by atoms with van der Waals surface area (Å²) in [4.78, 5) is 68.8. The summed E-state index contributed by atoms with van der Waals surface area (Å²) < 4.78 is 58.8. The number of thioether (sulfide) groups is 3. The Bertz CT molecular complexity index is 3190. The van der Waals surface area contributed by atoms with E-state index in [1.165, 1.54) is 62.8 Å². The maximum Gasteiger partial charge on any atom is 2.00 e. The maximum absolute atomic E-state index is 12.8. The summed E-state index contributed by atoms with van der Waals surface area (Å²) >= 11 is 4.03. The van der Waals surface area contributed by atoms with E-state index < -0.39 is 58.8 Å². The first kappa shape index (κ1) is 89.7. The van der Waals surface area contributed by atoms with Crippen LogP contribution in [0.15, 0.2) is 144 Å². The number of aliphatic hydroxyl groups excluding tert-OH is 2. The Labute approximate surface area is 644 Å². The van der Waals surface area contributed by atoms with Gasteiger partial charge < -0.3 is 86.8 Å². The van der Waals surface area contributed by atoms with Crippen LogP contribution in [0.1, 0.15) is 120 Å². The number of amidine groups is 3. The van der Waals surface area contributed by atoms with Gasteiger partial charge in [-0.2, -0.15) is 0 Å². The molecule has 0 saturated carbocycles. The van der Waals surface area contributed by atoms with Gasteiger partial charge in [0.05, 0.1) is 63.1 Å². The van der Waals surface area contributed by atoms with Crippen molar-refractivity contribution in [2.75, 3.05) is 39.5 Å². The molecule has 27 heteroatoms. The second-order valence-corrected chi connectivity index (χ2v) is 31.1. The third kappa shape index (κ3) is 26.4. The Morgan fingerprint density at radius 2 is 0.882 bits per heavy atom. The molecule has 10 rings (SSSR count). The molecule has 2 N–H and O–H groups in total. The van der Waals surface area contributed by atoms with Gasteiger partial charge in [0.2, 0.25) is 0 Å². The zero-order chi connectivity index (χ0) is 72.2. The first-order valence-electron chi connectivity index (χ1n) is 33.9. The first-order valence-corrected chi connectivity index (χ1v) is 36.5. The van der Waals surface area contributed by atoms with Crippen LogP contribution < -0.4 is 17.0 Å². The van der Waals surface area contributed by atoms with Crippen LogP contribution in [-0.4, -0.2) is 221 Å². The molecule has 0 bridgehead atoms. The summed E-state index contributed by atoms with van der Waals surface area (Å²) in [5.74, 6) is -0.327. The Balaban J connectivity index is 0.000000308. The molecule has 7 heterocycles. The average Bonchev–Trinajstić information content (AvgIpc) is 1.64. The fraction of sp³-hybridized carbons (Fsp3) is 0.573. The number of fused-ring (bicyclic) bond motifs is 3. The van der Waals surface area contributed by atoms with Crippen LogP contribution in [0, 0.1) is 25.2 Å². The third-order valence-corrected chi connectivity index (χ3v) is 19.8. The van der Waals surface area contributed by atoms with Crippen molar-refractivity contribution < 1.29 is 93.7 Å². The molecule has 1 unspecified atom stereocenters. The number of carbonyl (C=O) groups is 4. The van der Waals surface area contributed by atoms with E-state index in [9.17, 15) is 29.4 Å². The van der Waals surface area contributed by atoms with E-state index in [0.717, 1.165) is 36.2 Å². The van der Waals surface area contributed by atoms with E-state index in [2.05, 4.69) is 19.7 Å². The van der Waals surface area contributed by atoms with Gasteiger partial charge in [-0.15, -0.1) is 19.7 Å². The number of ether oxygens (including phenoxy) is 10. The van der Waals surface area contributed by atoms with Gasteiger partial charge in [0.15, 0.2) is 15.5 Å². The topological polar surface area (TPSA) is 248 Å². The normalized spacial score (nSPS) is 27.0. The van der Waals surface area contributed by atoms with Crippen LogP contribution >= 0.6 is 35.3 Å². The van der Waals surface area contributed by atoms with Crippen LogP contribution in [-0.2, 0) is 72.0 Å². The van der Waals surface area contributed by atoms with Crippen molar-refractivity contribution in [3.05, 3.63) is 153 Å². The number of aldehydes is 1. The van der Waals surface area contributed by atoms with Gasteiger partial charge in [0.1, 0.15) is 63.6 Å². The summed E-state index contributed by atoms with van der Waals surface area (Å²) in [6.45, 7) is 39.3. The predicted molar refractivity (Wildman–Crippen MR) is 401 cm³/mol. The van der Waals surface area contributed by atoms with Crippen LogP contribution in [0.3, 0.4) is 0 Å². The van der Waals surface area contributed by atoms with Crippen LogP contribution in [0.4, 0.5) is 14.4 Å². The Morgan fingerprint density at radius 3 is 1.18 bits per heavy atom. The second-order valence-electron chi connectivity index (χ2n) is 27.9. The third-order valence-electron chi connectivity index (χ3n) is 16.3. The van der Waals surface area contributed by atoms with Crippen LogP contribution in [0.5, 0.6) is 0 Å². The number of aliphatic hydroxyl groups is 2. The molecule has 3 aromatic carbocycles. The Hall–Kier alpha value is -4.69. The molecule has 0 radical (unpaired) electrons. The SMILES string of the molecule is C1CCOC1.C=CCN(C(=O)OC(C)(C)C)C1=N[C@@H]2[C@@H](OCc3ccccc3)[C@H](C)[C@@H](C(C)O)O[C@@H]2S1.C=CCN(C(=O)OC(C)(C)C)C1=N[C@@H]2[C@@H](OCc3ccccc3)[C@H](C)[C@@H](C=O)O[C@@H]2S1.C=CCN(C(=O)OC(C)(C)C)C1=N[C@@H]2[C@@H](OCc3ccccc3)[C@H](C)[C@@H](CO)O[C@@H]2S1.[Br-].[CH3-].[Mg+2]. The molecule has 7 aliphatic rings. The van der Waals surface area contributed by atoms with E-state index in [1.807, 2.05) is 174 Å². The van der Waals surface area contributed by atoms with Crippen molar-refractivity contribution in [2.24, 2.45) is 32.7 Å². The van der Waals surface area contributed by atoms with Gasteiger partial charge in [0, 0.05) is 50.6 Å². The minimum atomic E-state index is -0.659. The Kier molecular flexibility index (Phi) is 37.5. The van der Waals surface area contributed by atoms with Crippen LogP contribution in [0.25, 0.3) is 0 Å². The van der Waals surface area contributed by atoms with Gasteiger partial charge in [-0.25, -0.2) is 14.4 Å². The monoisotopic (exact) mass is 1550 g/mol. The molecule has 102 heavy (non-hydrogen) atoms.